The predicted octanol–water partition coefficient (Wildman–Crippen LogP) is 2.25. The number of likely N-dealkylation sites (tertiary alicyclic amines) is 1. The lowest BCUT2D eigenvalue weighted by molar-refractivity contribution is -0.127. The van der Waals surface area contributed by atoms with Gasteiger partial charge in [-0.15, -0.1) is 0 Å². The van der Waals surface area contributed by atoms with Gasteiger partial charge in [0, 0.05) is 37.3 Å². The largest absolute Gasteiger partial charge is 0.383 e. The molecule has 2 amide bonds. The number of ether oxygens (including phenoxy) is 1. The Hall–Kier alpha value is -4.16. The SMILES string of the molecule is C=CC(=O)N1C[C@@H](n2nc(C#Cc3ccc4ccc(C)nc4c3)c(C(N)=O)c2NC)C[C@@H]1COC. The number of hydrogen-bond donors (Lipinski definition) is 2. The summed E-state index contributed by atoms with van der Waals surface area (Å²) in [7, 11) is 3.29. The summed E-state index contributed by atoms with van der Waals surface area (Å²) in [6.45, 7) is 6.32. The van der Waals surface area contributed by atoms with E-state index in [1.807, 2.05) is 37.3 Å². The molecule has 35 heavy (non-hydrogen) atoms. The molecule has 4 rings (SSSR count). The maximum Gasteiger partial charge on any atom is 0.255 e. The Bertz CT molecular complexity index is 1370. The van der Waals surface area contributed by atoms with E-state index in [2.05, 4.69) is 33.8 Å². The lowest BCUT2D eigenvalue weighted by atomic mass is 10.1. The van der Waals surface area contributed by atoms with E-state index in [1.54, 1.807) is 23.7 Å². The van der Waals surface area contributed by atoms with Gasteiger partial charge >= 0.3 is 0 Å². The van der Waals surface area contributed by atoms with E-state index in [9.17, 15) is 9.59 Å². The number of nitrogens with one attached hydrogen (secondary N) is 1. The first-order valence-electron chi connectivity index (χ1n) is 11.3. The highest BCUT2D eigenvalue weighted by Gasteiger charge is 2.37. The van der Waals surface area contributed by atoms with E-state index >= 15 is 0 Å². The van der Waals surface area contributed by atoms with Gasteiger partial charge in [0.2, 0.25) is 5.91 Å². The minimum absolute atomic E-state index is 0.135. The summed E-state index contributed by atoms with van der Waals surface area (Å²) in [6, 6.07) is 9.41. The molecule has 9 nitrogen and oxygen atoms in total. The number of nitrogens with two attached hydrogens (primary N) is 1. The molecule has 2 atom stereocenters. The summed E-state index contributed by atoms with van der Waals surface area (Å²) in [5.74, 6) is 5.76. The van der Waals surface area contributed by atoms with Gasteiger partial charge in [-0.05, 0) is 43.5 Å². The van der Waals surface area contributed by atoms with Crippen LogP contribution in [0.15, 0.2) is 43.0 Å². The third kappa shape index (κ3) is 4.74. The second-order valence-electron chi connectivity index (χ2n) is 8.43. The van der Waals surface area contributed by atoms with Crippen LogP contribution >= 0.6 is 0 Å². The van der Waals surface area contributed by atoms with Crippen LogP contribution in [0.25, 0.3) is 10.9 Å². The number of pyridine rings is 1. The molecule has 1 fully saturated rings. The predicted molar refractivity (Wildman–Crippen MR) is 134 cm³/mol. The van der Waals surface area contributed by atoms with Gasteiger partial charge in [0.05, 0.1) is 24.2 Å². The van der Waals surface area contributed by atoms with Gasteiger partial charge < -0.3 is 20.7 Å². The van der Waals surface area contributed by atoms with Crippen LogP contribution in [0.1, 0.15) is 39.8 Å². The minimum atomic E-state index is -0.633. The number of aromatic nitrogens is 3. The molecule has 3 heterocycles. The number of primary amides is 1. The monoisotopic (exact) mass is 472 g/mol. The average Bonchev–Trinajstić information content (AvgIpc) is 3.43. The molecule has 1 aliphatic heterocycles. The Morgan fingerprint density at radius 2 is 2.09 bits per heavy atom. The number of anilines is 1. The molecule has 0 unspecified atom stereocenters. The van der Waals surface area contributed by atoms with Crippen molar-refractivity contribution in [3.63, 3.8) is 0 Å². The van der Waals surface area contributed by atoms with Crippen molar-refractivity contribution in [1.82, 2.24) is 19.7 Å². The average molecular weight is 473 g/mol. The quantitative estimate of drug-likeness (QED) is 0.420. The topological polar surface area (TPSA) is 115 Å². The van der Waals surface area contributed by atoms with Gasteiger partial charge in [-0.1, -0.05) is 24.6 Å². The van der Waals surface area contributed by atoms with E-state index in [1.165, 1.54) is 6.08 Å². The molecule has 180 valence electrons. The summed E-state index contributed by atoms with van der Waals surface area (Å²) in [5.41, 5.74) is 8.72. The number of aryl methyl sites for hydroxylation is 1. The van der Waals surface area contributed by atoms with Crippen molar-refractivity contribution in [2.75, 3.05) is 32.6 Å². The number of fused-ring (bicyclic) bond motifs is 1. The normalized spacial score (nSPS) is 17.2. The van der Waals surface area contributed by atoms with Crippen molar-refractivity contribution in [1.29, 1.82) is 0 Å². The van der Waals surface area contributed by atoms with Crippen molar-refractivity contribution in [2.24, 2.45) is 5.73 Å². The molecular weight excluding hydrogens is 444 g/mol. The van der Waals surface area contributed by atoms with Gasteiger partial charge in [0.25, 0.3) is 5.91 Å². The molecule has 0 aliphatic carbocycles. The third-order valence-corrected chi connectivity index (χ3v) is 6.11. The highest BCUT2D eigenvalue weighted by Crippen LogP contribution is 2.32. The Balaban J connectivity index is 1.73. The summed E-state index contributed by atoms with van der Waals surface area (Å²) in [6.07, 6.45) is 1.89. The van der Waals surface area contributed by atoms with Crippen molar-refractivity contribution in [2.45, 2.75) is 25.4 Å². The fourth-order valence-electron chi connectivity index (χ4n) is 4.49. The van der Waals surface area contributed by atoms with Crippen LogP contribution in [0.3, 0.4) is 0 Å². The van der Waals surface area contributed by atoms with Gasteiger partial charge in [-0.25, -0.2) is 4.68 Å². The first-order valence-corrected chi connectivity index (χ1v) is 11.3. The molecule has 1 saturated heterocycles. The van der Waals surface area contributed by atoms with Crippen LogP contribution in [-0.4, -0.2) is 64.8 Å². The highest BCUT2D eigenvalue weighted by molar-refractivity contribution is 6.00. The molecule has 3 aromatic rings. The van der Waals surface area contributed by atoms with Crippen LogP contribution in [0.4, 0.5) is 5.82 Å². The van der Waals surface area contributed by atoms with Crippen molar-refractivity contribution < 1.29 is 14.3 Å². The molecule has 1 aromatic carbocycles. The molecule has 0 spiro atoms. The van der Waals surface area contributed by atoms with Crippen LogP contribution in [0, 0.1) is 18.8 Å². The maximum absolute atomic E-state index is 12.4. The number of carbonyl (C=O) groups excluding carboxylic acids is 2. The minimum Gasteiger partial charge on any atom is -0.383 e. The van der Waals surface area contributed by atoms with Gasteiger partial charge in [-0.2, -0.15) is 5.10 Å². The molecule has 3 N–H and O–H groups in total. The van der Waals surface area contributed by atoms with Gasteiger partial charge in [0.1, 0.15) is 11.4 Å². The van der Waals surface area contributed by atoms with Crippen molar-refractivity contribution >= 4 is 28.5 Å². The Kier molecular flexibility index (Phi) is 6.85. The lowest BCUT2D eigenvalue weighted by Gasteiger charge is -2.22. The Labute approximate surface area is 203 Å². The molecule has 0 radical (unpaired) electrons. The zero-order valence-corrected chi connectivity index (χ0v) is 20.0. The van der Waals surface area contributed by atoms with Crippen LogP contribution < -0.4 is 11.1 Å². The molecule has 0 saturated carbocycles. The van der Waals surface area contributed by atoms with Crippen LogP contribution in [0.2, 0.25) is 0 Å². The molecule has 0 bridgehead atoms. The van der Waals surface area contributed by atoms with E-state index < -0.39 is 5.91 Å². The second-order valence-corrected chi connectivity index (χ2v) is 8.43. The number of benzene rings is 1. The summed E-state index contributed by atoms with van der Waals surface area (Å²) >= 11 is 0. The summed E-state index contributed by atoms with van der Waals surface area (Å²) < 4.78 is 7.01. The number of amides is 2. The molecular formula is C26H28N6O3. The number of hydrogen-bond acceptors (Lipinski definition) is 6. The zero-order chi connectivity index (χ0) is 25.1. The van der Waals surface area contributed by atoms with Gasteiger partial charge in [0.15, 0.2) is 5.69 Å². The maximum atomic E-state index is 12.4. The lowest BCUT2D eigenvalue weighted by Crippen LogP contribution is -2.37. The summed E-state index contributed by atoms with van der Waals surface area (Å²) in [5, 5.41) is 8.71. The first kappa shape index (κ1) is 24.0. The number of rotatable bonds is 6. The molecule has 2 aromatic heterocycles. The van der Waals surface area contributed by atoms with E-state index in [0.29, 0.717) is 25.4 Å². The van der Waals surface area contributed by atoms with E-state index in [4.69, 9.17) is 10.5 Å². The van der Waals surface area contributed by atoms with Crippen molar-refractivity contribution in [3.8, 4) is 11.8 Å². The van der Waals surface area contributed by atoms with Crippen LogP contribution in [0.5, 0.6) is 0 Å². The van der Waals surface area contributed by atoms with E-state index in [0.717, 1.165) is 22.2 Å². The number of nitrogens with zero attached hydrogens (tertiary/aromatic N) is 4. The number of carbonyl (C=O) groups is 2. The summed E-state index contributed by atoms with van der Waals surface area (Å²) in [4.78, 5) is 31.0. The fraction of sp³-hybridized carbons (Fsp3) is 0.308. The number of methoxy groups -OCH3 is 1. The smallest absolute Gasteiger partial charge is 0.255 e. The van der Waals surface area contributed by atoms with Crippen LogP contribution in [-0.2, 0) is 9.53 Å². The Morgan fingerprint density at radius 3 is 2.77 bits per heavy atom. The van der Waals surface area contributed by atoms with Gasteiger partial charge in [-0.3, -0.25) is 14.6 Å². The molecule has 9 heteroatoms. The highest BCUT2D eigenvalue weighted by atomic mass is 16.5. The zero-order valence-electron chi connectivity index (χ0n) is 20.0. The molecule has 1 aliphatic rings. The fourth-order valence-corrected chi connectivity index (χ4v) is 4.49. The Morgan fingerprint density at radius 1 is 1.31 bits per heavy atom. The van der Waals surface area contributed by atoms with E-state index in [-0.39, 0.29) is 29.2 Å². The van der Waals surface area contributed by atoms with Crippen molar-refractivity contribution in [3.05, 3.63) is 65.5 Å². The standard InChI is InChI=1S/C26H28N6O3/c1-5-23(33)31-14-19(13-20(31)15-35-4)32-26(28-3)24(25(27)34)21(30-32)11-8-17-7-10-18-9-6-16(2)29-22(18)12-17/h5-7,9-10,12,19-20,28H,1,13-15H2,2-4H3,(H2,27,34)/t19-,20+/m0/s1. The third-order valence-electron chi connectivity index (χ3n) is 6.11. The first-order chi connectivity index (χ1) is 16.9. The second kappa shape index (κ2) is 9.99.